The van der Waals surface area contributed by atoms with Crippen molar-refractivity contribution < 1.29 is 9.18 Å². The number of hydrogen-bond donors (Lipinski definition) is 1. The number of rotatable bonds is 5. The van der Waals surface area contributed by atoms with E-state index in [4.69, 9.17) is 0 Å². The van der Waals surface area contributed by atoms with Crippen LogP contribution in [0.5, 0.6) is 0 Å². The molecule has 3 aromatic rings. The molecular weight excluding hydrogens is 335 g/mol. The van der Waals surface area contributed by atoms with Gasteiger partial charge in [-0.05, 0) is 25.1 Å². The molecule has 1 aromatic carbocycles. The number of amides is 1. The fraction of sp³-hybridized carbons (Fsp3) is 0.167. The first-order chi connectivity index (χ1) is 12.7. The molecule has 0 unspecified atom stereocenters. The first-order valence-corrected chi connectivity index (χ1v) is 8.08. The van der Waals surface area contributed by atoms with E-state index in [-0.39, 0.29) is 11.9 Å². The molecule has 8 heteroatoms. The maximum Gasteiger partial charge on any atom is 0.279 e. The molecule has 0 radical (unpaired) electrons. The molecule has 7 nitrogen and oxygen atoms in total. The van der Waals surface area contributed by atoms with Crippen molar-refractivity contribution in [2.45, 2.75) is 13.0 Å². The Hall–Kier alpha value is -3.42. The zero-order valence-electron chi connectivity index (χ0n) is 13.9. The van der Waals surface area contributed by atoms with Gasteiger partial charge in [-0.3, -0.25) is 4.79 Å². The summed E-state index contributed by atoms with van der Waals surface area (Å²) >= 11 is 0. The zero-order valence-corrected chi connectivity index (χ0v) is 13.9. The second kappa shape index (κ2) is 6.47. The van der Waals surface area contributed by atoms with E-state index < -0.39 is 6.67 Å². The van der Waals surface area contributed by atoms with Crippen molar-refractivity contribution in [2.24, 2.45) is 4.99 Å². The average Bonchev–Trinajstić information content (AvgIpc) is 3.29. The molecule has 1 aliphatic heterocycles. The fourth-order valence-corrected chi connectivity index (χ4v) is 2.80. The normalized spacial score (nSPS) is 13.7. The van der Waals surface area contributed by atoms with Crippen LogP contribution in [0.4, 0.5) is 15.9 Å². The Kier molecular flexibility index (Phi) is 4.00. The minimum Gasteiger partial charge on any atom is -0.340 e. The number of pyridine rings is 1. The number of hydrogen-bond acceptors (Lipinski definition) is 5. The van der Waals surface area contributed by atoms with Gasteiger partial charge < -0.3 is 9.88 Å². The van der Waals surface area contributed by atoms with Crippen LogP contribution in [0.15, 0.2) is 47.7 Å². The van der Waals surface area contributed by atoms with E-state index in [1.165, 1.54) is 6.33 Å². The molecule has 0 saturated heterocycles. The van der Waals surface area contributed by atoms with Crippen molar-refractivity contribution in [3.05, 3.63) is 53.9 Å². The van der Waals surface area contributed by atoms with Gasteiger partial charge in [0, 0.05) is 11.8 Å². The molecule has 2 aromatic heterocycles. The van der Waals surface area contributed by atoms with Gasteiger partial charge in [0.25, 0.3) is 5.91 Å². The molecule has 0 aliphatic carbocycles. The maximum atomic E-state index is 13.0. The summed E-state index contributed by atoms with van der Waals surface area (Å²) in [5.74, 6) is 0.741. The lowest BCUT2D eigenvalue weighted by Crippen LogP contribution is -2.08. The highest BCUT2D eigenvalue weighted by Crippen LogP contribution is 2.27. The Labute approximate surface area is 148 Å². The lowest BCUT2D eigenvalue weighted by atomic mass is 10.1. The predicted molar refractivity (Wildman–Crippen MR) is 95.6 cm³/mol. The van der Waals surface area contributed by atoms with Gasteiger partial charge in [0.05, 0.1) is 17.3 Å². The quantitative estimate of drug-likeness (QED) is 0.764. The Balaban J connectivity index is 1.68. The predicted octanol–water partition coefficient (Wildman–Crippen LogP) is 3.19. The maximum absolute atomic E-state index is 13.0. The van der Waals surface area contributed by atoms with E-state index in [0.717, 1.165) is 5.56 Å². The lowest BCUT2D eigenvalue weighted by molar-refractivity contribution is 0.101. The van der Waals surface area contributed by atoms with Crippen LogP contribution in [-0.2, 0) is 0 Å². The Morgan fingerprint density at radius 2 is 2.08 bits per heavy atom. The standard InChI is InChI=1S/C18H15FN6O/c1-11(8-19)25-10-21-24-17(25)14-6-3-7-15(23-14)22-13-5-2-4-12-9-20-18(26)16(12)13/h2-7,9-11H,8H2,1H3,(H,22,23)/t11-/m1/s1. The van der Waals surface area contributed by atoms with E-state index in [1.807, 2.05) is 18.2 Å². The molecular formula is C18H15FN6O. The lowest BCUT2D eigenvalue weighted by Gasteiger charge is -2.13. The third-order valence-electron chi connectivity index (χ3n) is 4.14. The highest BCUT2D eigenvalue weighted by Gasteiger charge is 2.20. The summed E-state index contributed by atoms with van der Waals surface area (Å²) in [7, 11) is 0. The van der Waals surface area contributed by atoms with Crippen LogP contribution in [0, 0.1) is 0 Å². The summed E-state index contributed by atoms with van der Waals surface area (Å²) in [5.41, 5.74) is 2.48. The zero-order chi connectivity index (χ0) is 18.1. The highest BCUT2D eigenvalue weighted by atomic mass is 19.1. The van der Waals surface area contributed by atoms with Crippen LogP contribution in [-0.4, -0.2) is 38.5 Å². The molecule has 1 aliphatic rings. The van der Waals surface area contributed by atoms with Crippen molar-refractivity contribution in [3.63, 3.8) is 0 Å². The summed E-state index contributed by atoms with van der Waals surface area (Å²) in [4.78, 5) is 20.3. The van der Waals surface area contributed by atoms with Crippen molar-refractivity contribution >= 4 is 23.6 Å². The Morgan fingerprint density at radius 1 is 1.23 bits per heavy atom. The SMILES string of the molecule is C[C@H](CF)n1cnnc1-c1cccc(Nc2cccc3c2C(=O)N=C3)n1. The van der Waals surface area contributed by atoms with Crippen molar-refractivity contribution in [1.29, 1.82) is 0 Å². The van der Waals surface area contributed by atoms with E-state index >= 15 is 0 Å². The molecule has 0 saturated carbocycles. The minimum absolute atomic E-state index is 0.282. The number of carbonyl (C=O) groups excluding carboxylic acids is 1. The summed E-state index contributed by atoms with van der Waals surface area (Å²) in [5, 5.41) is 11.1. The first kappa shape index (κ1) is 16.1. The summed E-state index contributed by atoms with van der Waals surface area (Å²) < 4.78 is 14.7. The summed E-state index contributed by atoms with van der Waals surface area (Å²) in [6.45, 7) is 1.22. The number of benzene rings is 1. The molecule has 1 amide bonds. The third kappa shape index (κ3) is 2.75. The van der Waals surface area contributed by atoms with Gasteiger partial charge in [-0.25, -0.2) is 14.4 Å². The number of nitrogens with one attached hydrogen (secondary N) is 1. The first-order valence-electron chi connectivity index (χ1n) is 8.08. The molecule has 0 fully saturated rings. The van der Waals surface area contributed by atoms with Crippen LogP contribution in [0.3, 0.4) is 0 Å². The number of halogens is 1. The van der Waals surface area contributed by atoms with Gasteiger partial charge in [-0.2, -0.15) is 0 Å². The Bertz CT molecular complexity index is 1010. The molecule has 0 bridgehead atoms. The van der Waals surface area contributed by atoms with Gasteiger partial charge in [-0.15, -0.1) is 10.2 Å². The average molecular weight is 350 g/mol. The smallest absolute Gasteiger partial charge is 0.279 e. The second-order valence-corrected chi connectivity index (χ2v) is 5.93. The van der Waals surface area contributed by atoms with Crippen LogP contribution < -0.4 is 5.32 Å². The van der Waals surface area contributed by atoms with Crippen LogP contribution >= 0.6 is 0 Å². The molecule has 3 heterocycles. The number of carbonyl (C=O) groups is 1. The van der Waals surface area contributed by atoms with E-state index in [1.54, 1.807) is 35.9 Å². The minimum atomic E-state index is -0.527. The van der Waals surface area contributed by atoms with E-state index in [9.17, 15) is 9.18 Å². The number of anilines is 2. The molecule has 1 N–H and O–H groups in total. The molecule has 130 valence electrons. The van der Waals surface area contributed by atoms with Crippen LogP contribution in [0.1, 0.15) is 28.9 Å². The molecule has 26 heavy (non-hydrogen) atoms. The number of fused-ring (bicyclic) bond motifs is 1. The van der Waals surface area contributed by atoms with Gasteiger partial charge >= 0.3 is 0 Å². The Morgan fingerprint density at radius 3 is 2.92 bits per heavy atom. The fourth-order valence-electron chi connectivity index (χ4n) is 2.80. The number of nitrogens with zero attached hydrogens (tertiary/aromatic N) is 5. The summed E-state index contributed by atoms with van der Waals surface area (Å²) in [6.07, 6.45) is 3.04. The van der Waals surface area contributed by atoms with Gasteiger partial charge in [0.1, 0.15) is 24.5 Å². The van der Waals surface area contributed by atoms with Crippen molar-refractivity contribution in [1.82, 2.24) is 19.7 Å². The largest absolute Gasteiger partial charge is 0.340 e. The van der Waals surface area contributed by atoms with Gasteiger partial charge in [0.2, 0.25) is 0 Å². The van der Waals surface area contributed by atoms with E-state index in [0.29, 0.717) is 28.6 Å². The van der Waals surface area contributed by atoms with Crippen LogP contribution in [0.2, 0.25) is 0 Å². The number of alkyl halides is 1. The second-order valence-electron chi connectivity index (χ2n) is 5.93. The number of aromatic nitrogens is 4. The molecule has 1 atom stereocenters. The van der Waals surface area contributed by atoms with Gasteiger partial charge in [0.15, 0.2) is 5.82 Å². The summed E-state index contributed by atoms with van der Waals surface area (Å²) in [6, 6.07) is 10.5. The highest BCUT2D eigenvalue weighted by molar-refractivity contribution is 6.16. The number of aliphatic imine (C=N–C) groups is 1. The topological polar surface area (TPSA) is 85.1 Å². The molecule has 0 spiro atoms. The van der Waals surface area contributed by atoms with Gasteiger partial charge in [-0.1, -0.05) is 18.2 Å². The van der Waals surface area contributed by atoms with Crippen LogP contribution in [0.25, 0.3) is 11.5 Å². The third-order valence-corrected chi connectivity index (χ3v) is 4.14. The monoisotopic (exact) mass is 350 g/mol. The van der Waals surface area contributed by atoms with E-state index in [2.05, 4.69) is 25.5 Å². The van der Waals surface area contributed by atoms with Crippen molar-refractivity contribution in [2.75, 3.05) is 12.0 Å². The molecule has 4 rings (SSSR count). The van der Waals surface area contributed by atoms with Crippen molar-refractivity contribution in [3.8, 4) is 11.5 Å².